The van der Waals surface area contributed by atoms with Crippen LogP contribution in [-0.4, -0.2) is 17.5 Å². The van der Waals surface area contributed by atoms with Crippen LogP contribution in [0.3, 0.4) is 0 Å². The van der Waals surface area contributed by atoms with Crippen molar-refractivity contribution in [1.29, 1.82) is 0 Å². The summed E-state index contributed by atoms with van der Waals surface area (Å²) in [6, 6.07) is 0.380. The molecule has 19 heavy (non-hydrogen) atoms. The van der Waals surface area contributed by atoms with E-state index >= 15 is 0 Å². The number of carbonyl (C=O) groups is 1. The van der Waals surface area contributed by atoms with Crippen molar-refractivity contribution in [3.63, 3.8) is 0 Å². The number of nitrogens with one attached hydrogen (secondary N) is 1. The Morgan fingerprint density at radius 1 is 1.16 bits per heavy atom. The minimum absolute atomic E-state index is 0.177. The normalized spacial score (nSPS) is 34.8. The summed E-state index contributed by atoms with van der Waals surface area (Å²) in [6.45, 7) is 4.62. The number of carbonyl (C=O) groups excluding carboxylic acids is 1. The van der Waals surface area contributed by atoms with Crippen LogP contribution in [0.25, 0.3) is 0 Å². The lowest BCUT2D eigenvalue weighted by Crippen LogP contribution is -2.48. The van der Waals surface area contributed by atoms with Gasteiger partial charge >= 0.3 is 0 Å². The summed E-state index contributed by atoms with van der Waals surface area (Å²) in [7, 11) is 0. The standard InChI is InChI=1S/C16H30N2O/c1-12-6-7-14(10-13(12)2)18-15(19)11-16(17)8-4-3-5-9-16/h12-14H,3-11,17H2,1-2H3,(H,18,19). The van der Waals surface area contributed by atoms with E-state index < -0.39 is 0 Å². The third-order valence-electron chi connectivity index (χ3n) is 5.33. The molecule has 0 radical (unpaired) electrons. The second-order valence-electron chi connectivity index (χ2n) is 7.13. The molecule has 110 valence electrons. The minimum atomic E-state index is -0.226. The molecule has 0 heterocycles. The van der Waals surface area contributed by atoms with Gasteiger partial charge in [-0.05, 0) is 43.9 Å². The van der Waals surface area contributed by atoms with Crippen molar-refractivity contribution in [2.24, 2.45) is 17.6 Å². The van der Waals surface area contributed by atoms with Gasteiger partial charge in [-0.2, -0.15) is 0 Å². The molecule has 0 bridgehead atoms. The highest BCUT2D eigenvalue weighted by molar-refractivity contribution is 5.77. The van der Waals surface area contributed by atoms with E-state index in [9.17, 15) is 4.79 Å². The molecule has 2 fully saturated rings. The van der Waals surface area contributed by atoms with Gasteiger partial charge in [0.05, 0.1) is 0 Å². The molecule has 3 nitrogen and oxygen atoms in total. The van der Waals surface area contributed by atoms with Crippen molar-refractivity contribution in [3.05, 3.63) is 0 Å². The lowest BCUT2D eigenvalue weighted by atomic mass is 9.78. The highest BCUT2D eigenvalue weighted by Crippen LogP contribution is 2.31. The highest BCUT2D eigenvalue weighted by atomic mass is 16.1. The van der Waals surface area contributed by atoms with Crippen molar-refractivity contribution in [2.45, 2.75) is 83.2 Å². The van der Waals surface area contributed by atoms with E-state index in [2.05, 4.69) is 19.2 Å². The van der Waals surface area contributed by atoms with Crippen LogP contribution in [-0.2, 0) is 4.79 Å². The lowest BCUT2D eigenvalue weighted by molar-refractivity contribution is -0.123. The maximum atomic E-state index is 12.2. The molecule has 2 aliphatic rings. The van der Waals surface area contributed by atoms with Gasteiger partial charge in [-0.1, -0.05) is 33.1 Å². The topological polar surface area (TPSA) is 55.1 Å². The molecule has 0 aromatic carbocycles. The van der Waals surface area contributed by atoms with Crippen LogP contribution in [0.4, 0.5) is 0 Å². The first-order chi connectivity index (χ1) is 8.98. The number of nitrogens with two attached hydrogens (primary N) is 1. The van der Waals surface area contributed by atoms with Gasteiger partial charge < -0.3 is 11.1 Å². The molecule has 3 N–H and O–H groups in total. The van der Waals surface area contributed by atoms with Crippen molar-refractivity contribution in [3.8, 4) is 0 Å². The molecule has 3 unspecified atom stereocenters. The molecule has 0 aliphatic heterocycles. The van der Waals surface area contributed by atoms with Gasteiger partial charge in [0.1, 0.15) is 0 Å². The van der Waals surface area contributed by atoms with E-state index in [-0.39, 0.29) is 11.4 Å². The van der Waals surface area contributed by atoms with Gasteiger partial charge in [-0.3, -0.25) is 4.79 Å². The lowest BCUT2D eigenvalue weighted by Gasteiger charge is -2.35. The number of amides is 1. The van der Waals surface area contributed by atoms with Gasteiger partial charge in [0.2, 0.25) is 5.91 Å². The Balaban J connectivity index is 1.78. The van der Waals surface area contributed by atoms with Gasteiger partial charge in [0, 0.05) is 18.0 Å². The minimum Gasteiger partial charge on any atom is -0.353 e. The van der Waals surface area contributed by atoms with Crippen molar-refractivity contribution >= 4 is 5.91 Å². The highest BCUT2D eigenvalue weighted by Gasteiger charge is 2.31. The number of hydrogen-bond acceptors (Lipinski definition) is 2. The van der Waals surface area contributed by atoms with Gasteiger partial charge in [0.25, 0.3) is 0 Å². The Kier molecular flexibility index (Phi) is 4.88. The van der Waals surface area contributed by atoms with Gasteiger partial charge in [-0.25, -0.2) is 0 Å². The molecule has 3 heteroatoms. The zero-order valence-electron chi connectivity index (χ0n) is 12.6. The fourth-order valence-corrected chi connectivity index (χ4v) is 3.71. The number of rotatable bonds is 3. The van der Waals surface area contributed by atoms with Crippen LogP contribution < -0.4 is 11.1 Å². The molecule has 3 atom stereocenters. The Bertz CT molecular complexity index is 310. The van der Waals surface area contributed by atoms with Crippen LogP contribution in [0.15, 0.2) is 0 Å². The summed E-state index contributed by atoms with van der Waals surface area (Å²) in [5.41, 5.74) is 6.13. The van der Waals surface area contributed by atoms with E-state index in [0.29, 0.717) is 12.5 Å². The zero-order chi connectivity index (χ0) is 13.9. The average molecular weight is 266 g/mol. The molecule has 0 spiro atoms. The Hall–Kier alpha value is -0.570. The predicted octanol–water partition coefficient (Wildman–Crippen LogP) is 2.98. The van der Waals surface area contributed by atoms with Crippen LogP contribution >= 0.6 is 0 Å². The summed E-state index contributed by atoms with van der Waals surface area (Å²) in [6.07, 6.45) is 9.69. The smallest absolute Gasteiger partial charge is 0.222 e. The van der Waals surface area contributed by atoms with Crippen LogP contribution in [0.5, 0.6) is 0 Å². The largest absolute Gasteiger partial charge is 0.353 e. The Labute approximate surface area is 117 Å². The van der Waals surface area contributed by atoms with Crippen LogP contribution in [0.1, 0.15) is 71.6 Å². The molecule has 2 aliphatic carbocycles. The quantitative estimate of drug-likeness (QED) is 0.825. The van der Waals surface area contributed by atoms with E-state index in [1.807, 2.05) is 0 Å². The summed E-state index contributed by atoms with van der Waals surface area (Å²) in [5.74, 6) is 1.70. The molecule has 0 saturated heterocycles. The van der Waals surface area contributed by atoms with Crippen molar-refractivity contribution < 1.29 is 4.79 Å². The third-order valence-corrected chi connectivity index (χ3v) is 5.33. The molecule has 2 saturated carbocycles. The van der Waals surface area contributed by atoms with E-state index in [1.165, 1.54) is 25.7 Å². The zero-order valence-corrected chi connectivity index (χ0v) is 12.6. The molecular weight excluding hydrogens is 236 g/mol. The first kappa shape index (κ1) is 14.8. The van der Waals surface area contributed by atoms with Gasteiger partial charge in [-0.15, -0.1) is 0 Å². The van der Waals surface area contributed by atoms with Crippen LogP contribution in [0.2, 0.25) is 0 Å². The van der Waals surface area contributed by atoms with E-state index in [4.69, 9.17) is 5.73 Å². The van der Waals surface area contributed by atoms with E-state index in [1.54, 1.807) is 0 Å². The van der Waals surface area contributed by atoms with Crippen molar-refractivity contribution in [1.82, 2.24) is 5.32 Å². The summed E-state index contributed by atoms with van der Waals surface area (Å²) < 4.78 is 0. The fourth-order valence-electron chi connectivity index (χ4n) is 3.71. The maximum absolute atomic E-state index is 12.2. The predicted molar refractivity (Wildman–Crippen MR) is 78.7 cm³/mol. The van der Waals surface area contributed by atoms with Crippen molar-refractivity contribution in [2.75, 3.05) is 0 Å². The van der Waals surface area contributed by atoms with E-state index in [0.717, 1.165) is 37.5 Å². The third kappa shape index (κ3) is 4.20. The maximum Gasteiger partial charge on any atom is 0.222 e. The second-order valence-corrected chi connectivity index (χ2v) is 7.13. The molecule has 0 aromatic heterocycles. The first-order valence-electron chi connectivity index (χ1n) is 8.07. The molecule has 2 rings (SSSR count). The SMILES string of the molecule is CC1CCC(NC(=O)CC2(N)CCCCC2)CC1C. The fraction of sp³-hybridized carbons (Fsp3) is 0.938. The first-order valence-corrected chi connectivity index (χ1v) is 8.07. The molecule has 1 amide bonds. The Morgan fingerprint density at radius 2 is 1.84 bits per heavy atom. The molecule has 0 aromatic rings. The summed E-state index contributed by atoms with van der Waals surface area (Å²) in [4.78, 5) is 12.2. The number of hydrogen-bond donors (Lipinski definition) is 2. The monoisotopic (exact) mass is 266 g/mol. The van der Waals surface area contributed by atoms with Crippen LogP contribution in [0, 0.1) is 11.8 Å². The second kappa shape index (κ2) is 6.25. The average Bonchev–Trinajstić information content (AvgIpc) is 2.34. The molecular formula is C16H30N2O. The summed E-state index contributed by atoms with van der Waals surface area (Å²) in [5, 5.41) is 3.22. The van der Waals surface area contributed by atoms with Gasteiger partial charge in [0.15, 0.2) is 0 Å². The summed E-state index contributed by atoms with van der Waals surface area (Å²) >= 11 is 0. The Morgan fingerprint density at radius 3 is 2.47 bits per heavy atom.